The Balaban J connectivity index is 1.66. The molecule has 2 nitrogen and oxygen atoms in total. The Hall–Kier alpha value is -0.340. The summed E-state index contributed by atoms with van der Waals surface area (Å²) in [5.74, 6) is 0. The zero-order chi connectivity index (χ0) is 8.67. The summed E-state index contributed by atoms with van der Waals surface area (Å²) < 4.78 is 0. The van der Waals surface area contributed by atoms with Crippen LogP contribution in [0.4, 0.5) is 0 Å². The Labute approximate surface area is 80.0 Å². The summed E-state index contributed by atoms with van der Waals surface area (Å²) in [6, 6.07) is 2.54. The minimum absolute atomic E-state index is 0.837. The van der Waals surface area contributed by atoms with Crippen molar-refractivity contribution in [2.24, 2.45) is 0 Å². The summed E-state index contributed by atoms with van der Waals surface area (Å²) in [6.45, 7) is 2.40. The van der Waals surface area contributed by atoms with E-state index in [1.54, 1.807) is 0 Å². The van der Waals surface area contributed by atoms with Gasteiger partial charge in [0, 0.05) is 31.2 Å². The minimum atomic E-state index is 0.837. The maximum atomic E-state index is 3.70. The Morgan fingerprint density at radius 2 is 1.62 bits per heavy atom. The molecule has 0 aromatic rings. The van der Waals surface area contributed by atoms with E-state index in [1.165, 1.54) is 38.8 Å². The molecule has 2 heteroatoms. The lowest BCUT2D eigenvalue weighted by Crippen LogP contribution is -2.47. The molecule has 0 saturated carbocycles. The number of nitrogens with one attached hydrogen (secondary N) is 1. The maximum Gasteiger partial charge on any atom is 0.0169 e. The highest BCUT2D eigenvalue weighted by molar-refractivity contribution is 5.02. The van der Waals surface area contributed by atoms with Crippen LogP contribution >= 0.6 is 0 Å². The summed E-state index contributed by atoms with van der Waals surface area (Å²) in [5.41, 5.74) is 0. The van der Waals surface area contributed by atoms with Gasteiger partial charge in [-0.1, -0.05) is 12.2 Å². The Morgan fingerprint density at radius 3 is 2.23 bits per heavy atom. The molecule has 0 aromatic heterocycles. The second kappa shape index (κ2) is 3.10. The third-order valence-electron chi connectivity index (χ3n) is 3.81. The first-order chi connectivity index (χ1) is 6.42. The lowest BCUT2D eigenvalue weighted by atomic mass is 9.98. The van der Waals surface area contributed by atoms with Crippen LogP contribution in [0.25, 0.3) is 0 Å². The van der Waals surface area contributed by atoms with E-state index < -0.39 is 0 Å². The molecule has 2 fully saturated rings. The van der Waals surface area contributed by atoms with Gasteiger partial charge in [-0.2, -0.15) is 0 Å². The SMILES string of the molecule is C1=CCN(C2CC3CCC(C2)N3)C1. The van der Waals surface area contributed by atoms with Crippen LogP contribution in [0.1, 0.15) is 25.7 Å². The fourth-order valence-corrected chi connectivity index (χ4v) is 3.12. The molecule has 0 aliphatic carbocycles. The normalized spacial score (nSPS) is 44.5. The molecule has 2 saturated heterocycles. The summed E-state index contributed by atoms with van der Waals surface area (Å²) in [7, 11) is 0. The standard InChI is InChI=1S/C11H18N2/c1-2-6-13(5-1)11-7-9-3-4-10(8-11)12-9/h1-2,9-12H,3-8H2. The van der Waals surface area contributed by atoms with E-state index in [-0.39, 0.29) is 0 Å². The molecule has 2 atom stereocenters. The second-order valence-corrected chi connectivity index (χ2v) is 4.69. The quantitative estimate of drug-likeness (QED) is 0.606. The third kappa shape index (κ3) is 1.42. The van der Waals surface area contributed by atoms with Crippen molar-refractivity contribution in [1.82, 2.24) is 10.2 Å². The highest BCUT2D eigenvalue weighted by Crippen LogP contribution is 2.30. The van der Waals surface area contributed by atoms with Gasteiger partial charge >= 0.3 is 0 Å². The first-order valence-electron chi connectivity index (χ1n) is 5.57. The Morgan fingerprint density at radius 1 is 1.00 bits per heavy atom. The average molecular weight is 178 g/mol. The van der Waals surface area contributed by atoms with E-state index >= 15 is 0 Å². The molecule has 0 radical (unpaired) electrons. The molecular weight excluding hydrogens is 160 g/mol. The fourth-order valence-electron chi connectivity index (χ4n) is 3.12. The lowest BCUT2D eigenvalue weighted by molar-refractivity contribution is 0.178. The summed E-state index contributed by atoms with van der Waals surface area (Å²) in [6.07, 6.45) is 10.2. The highest BCUT2D eigenvalue weighted by atomic mass is 15.2. The number of rotatable bonds is 1. The van der Waals surface area contributed by atoms with Crippen LogP contribution in [0.3, 0.4) is 0 Å². The fraction of sp³-hybridized carbons (Fsp3) is 0.818. The molecule has 1 N–H and O–H groups in total. The molecule has 3 heterocycles. The van der Waals surface area contributed by atoms with E-state index in [0.29, 0.717) is 0 Å². The van der Waals surface area contributed by atoms with Gasteiger partial charge in [0.25, 0.3) is 0 Å². The van der Waals surface area contributed by atoms with Crippen molar-refractivity contribution in [1.29, 1.82) is 0 Å². The van der Waals surface area contributed by atoms with Crippen LogP contribution < -0.4 is 5.32 Å². The molecule has 2 unspecified atom stereocenters. The molecule has 3 aliphatic rings. The number of piperidine rings is 1. The van der Waals surface area contributed by atoms with Crippen LogP contribution in [-0.4, -0.2) is 36.1 Å². The molecule has 2 bridgehead atoms. The van der Waals surface area contributed by atoms with Gasteiger partial charge in [0.1, 0.15) is 0 Å². The van der Waals surface area contributed by atoms with Gasteiger partial charge in [0.15, 0.2) is 0 Å². The molecule has 13 heavy (non-hydrogen) atoms. The predicted octanol–water partition coefficient (Wildman–Crippen LogP) is 1.14. The Bertz CT molecular complexity index is 204. The molecule has 0 aromatic carbocycles. The number of hydrogen-bond donors (Lipinski definition) is 1. The van der Waals surface area contributed by atoms with E-state index in [9.17, 15) is 0 Å². The van der Waals surface area contributed by atoms with Crippen LogP contribution in [0.15, 0.2) is 12.2 Å². The van der Waals surface area contributed by atoms with Crippen molar-refractivity contribution in [3.05, 3.63) is 12.2 Å². The zero-order valence-corrected chi connectivity index (χ0v) is 8.08. The largest absolute Gasteiger partial charge is 0.311 e. The first kappa shape index (κ1) is 8.01. The van der Waals surface area contributed by atoms with Gasteiger partial charge in [0.05, 0.1) is 0 Å². The van der Waals surface area contributed by atoms with Crippen LogP contribution in [0.2, 0.25) is 0 Å². The van der Waals surface area contributed by atoms with Gasteiger partial charge in [-0.05, 0) is 25.7 Å². The van der Waals surface area contributed by atoms with Gasteiger partial charge in [-0.3, -0.25) is 4.90 Å². The highest BCUT2D eigenvalue weighted by Gasteiger charge is 2.35. The van der Waals surface area contributed by atoms with Gasteiger partial charge < -0.3 is 5.32 Å². The molecule has 3 aliphatic heterocycles. The van der Waals surface area contributed by atoms with E-state index in [0.717, 1.165) is 18.1 Å². The smallest absolute Gasteiger partial charge is 0.0169 e. The molecule has 3 rings (SSSR count). The number of nitrogens with zero attached hydrogens (tertiary/aromatic N) is 1. The topological polar surface area (TPSA) is 15.3 Å². The third-order valence-corrected chi connectivity index (χ3v) is 3.81. The molecule has 0 spiro atoms. The predicted molar refractivity (Wildman–Crippen MR) is 53.7 cm³/mol. The van der Waals surface area contributed by atoms with Crippen molar-refractivity contribution in [3.8, 4) is 0 Å². The van der Waals surface area contributed by atoms with Crippen molar-refractivity contribution in [2.45, 2.75) is 43.8 Å². The van der Waals surface area contributed by atoms with Crippen LogP contribution in [-0.2, 0) is 0 Å². The van der Waals surface area contributed by atoms with E-state index in [2.05, 4.69) is 22.4 Å². The van der Waals surface area contributed by atoms with E-state index in [1.807, 2.05) is 0 Å². The summed E-state index contributed by atoms with van der Waals surface area (Å²) in [4.78, 5) is 2.63. The van der Waals surface area contributed by atoms with Gasteiger partial charge in [-0.25, -0.2) is 0 Å². The second-order valence-electron chi connectivity index (χ2n) is 4.69. The van der Waals surface area contributed by atoms with Crippen molar-refractivity contribution < 1.29 is 0 Å². The van der Waals surface area contributed by atoms with Crippen molar-refractivity contribution >= 4 is 0 Å². The van der Waals surface area contributed by atoms with Gasteiger partial charge in [-0.15, -0.1) is 0 Å². The first-order valence-corrected chi connectivity index (χ1v) is 5.57. The van der Waals surface area contributed by atoms with Crippen molar-refractivity contribution in [3.63, 3.8) is 0 Å². The monoisotopic (exact) mass is 178 g/mol. The lowest BCUT2D eigenvalue weighted by Gasteiger charge is -2.35. The summed E-state index contributed by atoms with van der Waals surface area (Å²) in [5, 5.41) is 3.70. The number of hydrogen-bond acceptors (Lipinski definition) is 2. The molecule has 72 valence electrons. The van der Waals surface area contributed by atoms with Crippen molar-refractivity contribution in [2.75, 3.05) is 13.1 Å². The molecular formula is C11H18N2. The van der Waals surface area contributed by atoms with Crippen LogP contribution in [0.5, 0.6) is 0 Å². The van der Waals surface area contributed by atoms with E-state index in [4.69, 9.17) is 0 Å². The zero-order valence-electron chi connectivity index (χ0n) is 8.08. The maximum absolute atomic E-state index is 3.70. The minimum Gasteiger partial charge on any atom is -0.311 e. The Kier molecular flexibility index (Phi) is 1.91. The summed E-state index contributed by atoms with van der Waals surface area (Å²) >= 11 is 0. The van der Waals surface area contributed by atoms with Gasteiger partial charge in [0.2, 0.25) is 0 Å². The number of fused-ring (bicyclic) bond motifs is 2. The average Bonchev–Trinajstić information content (AvgIpc) is 2.75. The van der Waals surface area contributed by atoms with Crippen LogP contribution in [0, 0.1) is 0 Å². The molecule has 0 amide bonds.